The van der Waals surface area contributed by atoms with Crippen LogP contribution in [0.1, 0.15) is 124 Å². The molecule has 0 heterocycles. The first kappa shape index (κ1) is 40.3. The van der Waals surface area contributed by atoms with E-state index in [4.69, 9.17) is 23.3 Å². The van der Waals surface area contributed by atoms with Crippen molar-refractivity contribution >= 4 is 14.0 Å². The Morgan fingerprint density at radius 3 is 1.66 bits per heavy atom. The highest BCUT2D eigenvalue weighted by atomic mass is 31.2. The molecule has 41 heavy (non-hydrogen) atoms. The van der Waals surface area contributed by atoms with E-state index in [9.17, 15) is 14.3 Å². The molecular weight excluding hydrogens is 545 g/mol. The van der Waals surface area contributed by atoms with Crippen LogP contribution in [0.5, 0.6) is 0 Å². The number of quaternary nitrogens is 1. The van der Waals surface area contributed by atoms with Gasteiger partial charge in [0.15, 0.2) is 6.10 Å². The van der Waals surface area contributed by atoms with Gasteiger partial charge in [0.1, 0.15) is 13.2 Å². The number of phosphoric ester groups is 1. The van der Waals surface area contributed by atoms with Gasteiger partial charge in [-0.05, 0) is 12.3 Å². The van der Waals surface area contributed by atoms with E-state index in [2.05, 4.69) is 6.92 Å². The molecule has 0 fully saturated rings. The van der Waals surface area contributed by atoms with Crippen LogP contribution in [0, 0.1) is 5.92 Å². The zero-order chi connectivity index (χ0) is 30.8. The summed E-state index contributed by atoms with van der Waals surface area (Å²) in [6.07, 6.45) is 19.2. The first-order valence-corrected chi connectivity index (χ1v) is 17.8. The summed E-state index contributed by atoms with van der Waals surface area (Å²) in [7, 11) is 1.58. The fraction of sp³-hybridized carbons (Fsp3) is 0.968. The van der Waals surface area contributed by atoms with Crippen LogP contribution in [-0.2, 0) is 27.8 Å². The summed E-state index contributed by atoms with van der Waals surface area (Å²) in [4.78, 5) is 22.0. The van der Waals surface area contributed by atoms with Crippen LogP contribution >= 0.6 is 7.82 Å². The molecule has 0 amide bonds. The van der Waals surface area contributed by atoms with E-state index in [1.54, 1.807) is 0 Å². The molecule has 0 aromatic heterocycles. The zero-order valence-electron chi connectivity index (χ0n) is 27.4. The Balaban J connectivity index is 4.03. The first-order valence-electron chi connectivity index (χ1n) is 16.3. The molecule has 0 aliphatic rings. The van der Waals surface area contributed by atoms with Crippen molar-refractivity contribution < 1.29 is 42.0 Å². The van der Waals surface area contributed by atoms with Crippen molar-refractivity contribution in [1.29, 1.82) is 0 Å². The Labute approximate surface area is 252 Å². The van der Waals surface area contributed by atoms with Crippen molar-refractivity contribution in [3.8, 4) is 0 Å². The SMILES string of the molecule is CCCCCCCCCCCCCCCCCCOCC(COP(=O)(O)OCC[N+](C)(C)C)OC(=O)OCC(C)C. The second-order valence-electron chi connectivity index (χ2n) is 12.7. The Kier molecular flexibility index (Phi) is 25.3. The summed E-state index contributed by atoms with van der Waals surface area (Å²) in [5.74, 6) is 0.163. The number of rotatable bonds is 29. The van der Waals surface area contributed by atoms with Crippen LogP contribution in [-0.4, -0.2) is 82.4 Å². The minimum Gasteiger partial charge on any atom is -0.434 e. The van der Waals surface area contributed by atoms with Gasteiger partial charge in [-0.1, -0.05) is 117 Å². The number of ether oxygens (including phenoxy) is 3. The lowest BCUT2D eigenvalue weighted by Crippen LogP contribution is -2.37. The van der Waals surface area contributed by atoms with Gasteiger partial charge in [0.25, 0.3) is 0 Å². The van der Waals surface area contributed by atoms with E-state index in [0.717, 1.165) is 12.8 Å². The minimum absolute atomic E-state index is 0.0500. The van der Waals surface area contributed by atoms with Crippen LogP contribution < -0.4 is 0 Å². The lowest BCUT2D eigenvalue weighted by Gasteiger charge is -2.24. The average molecular weight is 611 g/mol. The highest BCUT2D eigenvalue weighted by Gasteiger charge is 2.26. The molecule has 246 valence electrons. The fourth-order valence-corrected chi connectivity index (χ4v) is 4.87. The Morgan fingerprint density at radius 1 is 0.707 bits per heavy atom. The maximum absolute atomic E-state index is 12.2. The number of phosphoric acid groups is 1. The van der Waals surface area contributed by atoms with Gasteiger partial charge in [-0.3, -0.25) is 9.05 Å². The minimum atomic E-state index is -4.28. The van der Waals surface area contributed by atoms with Crippen LogP contribution in [0.25, 0.3) is 0 Å². The molecule has 1 N–H and O–H groups in total. The van der Waals surface area contributed by atoms with E-state index in [1.807, 2.05) is 35.0 Å². The maximum Gasteiger partial charge on any atom is 0.508 e. The van der Waals surface area contributed by atoms with Crippen LogP contribution in [0.4, 0.5) is 4.79 Å². The molecule has 0 aromatic rings. The molecular formula is C31H65NO8P+. The Hall–Kier alpha value is -0.700. The smallest absolute Gasteiger partial charge is 0.434 e. The van der Waals surface area contributed by atoms with E-state index < -0.39 is 20.1 Å². The topological polar surface area (TPSA) is 101 Å². The van der Waals surface area contributed by atoms with Crippen molar-refractivity contribution in [1.82, 2.24) is 0 Å². The van der Waals surface area contributed by atoms with E-state index >= 15 is 0 Å². The van der Waals surface area contributed by atoms with Gasteiger partial charge in [-0.2, -0.15) is 0 Å². The molecule has 0 spiro atoms. The van der Waals surface area contributed by atoms with E-state index in [0.29, 0.717) is 17.6 Å². The number of nitrogens with zero attached hydrogens (tertiary/aromatic N) is 1. The summed E-state index contributed by atoms with van der Waals surface area (Å²) >= 11 is 0. The van der Waals surface area contributed by atoms with Crippen LogP contribution in [0.3, 0.4) is 0 Å². The number of likely N-dealkylation sites (N-methyl/N-ethyl adjacent to an activating group) is 1. The lowest BCUT2D eigenvalue weighted by atomic mass is 10.0. The average Bonchev–Trinajstić information content (AvgIpc) is 2.88. The molecule has 0 aromatic carbocycles. The molecule has 0 bridgehead atoms. The molecule has 0 saturated carbocycles. The largest absolute Gasteiger partial charge is 0.508 e. The third kappa shape index (κ3) is 30.6. The van der Waals surface area contributed by atoms with Gasteiger partial charge in [-0.15, -0.1) is 0 Å². The second kappa shape index (κ2) is 25.8. The summed E-state index contributed by atoms with van der Waals surface area (Å²) in [6.45, 7) is 7.18. The second-order valence-corrected chi connectivity index (χ2v) is 14.1. The Bertz CT molecular complexity index is 657. The summed E-state index contributed by atoms with van der Waals surface area (Å²) < 4.78 is 39.0. The predicted octanol–water partition coefficient (Wildman–Crippen LogP) is 8.28. The van der Waals surface area contributed by atoms with Gasteiger partial charge in [0.2, 0.25) is 0 Å². The molecule has 0 radical (unpaired) electrons. The third-order valence-corrected chi connectivity index (χ3v) is 7.67. The maximum atomic E-state index is 12.2. The molecule has 0 aliphatic carbocycles. The highest BCUT2D eigenvalue weighted by molar-refractivity contribution is 7.47. The van der Waals surface area contributed by atoms with Crippen molar-refractivity contribution in [3.63, 3.8) is 0 Å². The lowest BCUT2D eigenvalue weighted by molar-refractivity contribution is -0.870. The third-order valence-electron chi connectivity index (χ3n) is 6.68. The number of hydrogen-bond acceptors (Lipinski definition) is 7. The van der Waals surface area contributed by atoms with Crippen molar-refractivity contribution in [3.05, 3.63) is 0 Å². The zero-order valence-corrected chi connectivity index (χ0v) is 28.3. The number of unbranched alkanes of at least 4 members (excludes halogenated alkanes) is 15. The molecule has 0 aliphatic heterocycles. The van der Waals surface area contributed by atoms with Crippen molar-refractivity contribution in [2.24, 2.45) is 5.92 Å². The van der Waals surface area contributed by atoms with E-state index in [-0.39, 0.29) is 32.3 Å². The molecule has 9 nitrogen and oxygen atoms in total. The van der Waals surface area contributed by atoms with Crippen LogP contribution in [0.15, 0.2) is 0 Å². The quantitative estimate of drug-likeness (QED) is 0.0391. The van der Waals surface area contributed by atoms with Crippen LogP contribution in [0.2, 0.25) is 0 Å². The standard InChI is InChI=1S/C31H64NO8P/c1-7-8-9-10-11-12-13-14-15-16-17-18-19-20-21-22-24-36-27-30(40-31(33)37-26-29(2)3)28-39-41(34,35)38-25-23-32(4,5)6/h29-30H,7-28H2,1-6H3/p+1. The first-order chi connectivity index (χ1) is 19.4. The fourth-order valence-electron chi connectivity index (χ4n) is 4.13. The van der Waals surface area contributed by atoms with Gasteiger partial charge < -0.3 is 23.6 Å². The molecule has 2 unspecified atom stereocenters. The summed E-state index contributed by atoms with van der Waals surface area (Å²) in [5.41, 5.74) is 0. The van der Waals surface area contributed by atoms with Gasteiger partial charge in [-0.25, -0.2) is 9.36 Å². The van der Waals surface area contributed by atoms with E-state index in [1.165, 1.54) is 89.9 Å². The predicted molar refractivity (Wildman–Crippen MR) is 166 cm³/mol. The monoisotopic (exact) mass is 610 g/mol. The van der Waals surface area contributed by atoms with Crippen molar-refractivity contribution in [2.45, 2.75) is 130 Å². The number of hydrogen-bond donors (Lipinski definition) is 1. The van der Waals surface area contributed by atoms with Gasteiger partial charge in [0, 0.05) is 6.61 Å². The molecule has 0 rings (SSSR count). The summed E-state index contributed by atoms with van der Waals surface area (Å²) in [5, 5.41) is 0. The Morgan fingerprint density at radius 2 is 1.20 bits per heavy atom. The molecule has 10 heteroatoms. The van der Waals surface area contributed by atoms with Crippen molar-refractivity contribution in [2.75, 3.05) is 60.7 Å². The molecule has 0 saturated heterocycles. The normalized spacial score (nSPS) is 14.2. The van der Waals surface area contributed by atoms with Gasteiger partial charge in [0.05, 0.1) is 41.0 Å². The highest BCUT2D eigenvalue weighted by Crippen LogP contribution is 2.43. The number of carbonyl (C=O) groups is 1. The number of carbonyl (C=O) groups excluding carboxylic acids is 1. The van der Waals surface area contributed by atoms with Gasteiger partial charge >= 0.3 is 14.0 Å². The molecule has 2 atom stereocenters. The summed E-state index contributed by atoms with van der Waals surface area (Å²) in [6, 6.07) is 0.